The van der Waals surface area contributed by atoms with Crippen molar-refractivity contribution in [2.45, 2.75) is 13.0 Å². The van der Waals surface area contributed by atoms with Crippen LogP contribution >= 0.6 is 0 Å². The minimum Gasteiger partial charge on any atom is -0.493 e. The highest BCUT2D eigenvalue weighted by Gasteiger charge is 2.20. The van der Waals surface area contributed by atoms with E-state index >= 15 is 0 Å². The van der Waals surface area contributed by atoms with Crippen LogP contribution in [-0.2, 0) is 0 Å². The first kappa shape index (κ1) is 15.3. The molecule has 2 aromatic carbocycles. The normalized spacial score (nSPS) is 12.1. The Morgan fingerprint density at radius 2 is 1.57 bits per heavy atom. The van der Waals surface area contributed by atoms with Crippen LogP contribution in [-0.4, -0.2) is 19.3 Å². The van der Waals surface area contributed by atoms with Crippen LogP contribution in [0.15, 0.2) is 30.3 Å². The minimum atomic E-state index is -1.29. The molecule has 0 aliphatic heterocycles. The maximum atomic E-state index is 14.1. The van der Waals surface area contributed by atoms with Crippen LogP contribution in [0.1, 0.15) is 22.8 Å². The Kier molecular flexibility index (Phi) is 4.43. The number of methoxy groups -OCH3 is 2. The van der Waals surface area contributed by atoms with Gasteiger partial charge in [0.05, 0.1) is 14.2 Å². The molecule has 1 atom stereocenters. The van der Waals surface area contributed by atoms with E-state index < -0.39 is 17.7 Å². The van der Waals surface area contributed by atoms with E-state index in [0.29, 0.717) is 16.9 Å². The van der Waals surface area contributed by atoms with E-state index in [1.807, 2.05) is 0 Å². The summed E-state index contributed by atoms with van der Waals surface area (Å²) in [5.74, 6) is -0.622. The van der Waals surface area contributed by atoms with Crippen molar-refractivity contribution in [3.8, 4) is 11.5 Å². The average Bonchev–Trinajstić information content (AvgIpc) is 2.48. The number of ether oxygens (including phenoxy) is 2. The highest BCUT2D eigenvalue weighted by atomic mass is 19.1. The molecule has 5 heteroatoms. The fraction of sp³-hybridized carbons (Fsp3) is 0.250. The first-order valence-corrected chi connectivity index (χ1v) is 6.33. The smallest absolute Gasteiger partial charge is 0.163 e. The molecule has 0 aromatic heterocycles. The second kappa shape index (κ2) is 6.10. The second-order valence-corrected chi connectivity index (χ2v) is 4.63. The average molecular weight is 294 g/mol. The topological polar surface area (TPSA) is 38.7 Å². The number of halogens is 2. The quantitative estimate of drug-likeness (QED) is 0.939. The third-order valence-electron chi connectivity index (χ3n) is 3.33. The largest absolute Gasteiger partial charge is 0.493 e. The summed E-state index contributed by atoms with van der Waals surface area (Å²) in [5.41, 5.74) is 0.973. The molecule has 0 fully saturated rings. The lowest BCUT2D eigenvalue weighted by Crippen LogP contribution is -2.06. The second-order valence-electron chi connectivity index (χ2n) is 4.63. The Labute approximate surface area is 121 Å². The molecule has 0 radical (unpaired) electrons. The van der Waals surface area contributed by atoms with Crippen molar-refractivity contribution < 1.29 is 23.4 Å². The van der Waals surface area contributed by atoms with Gasteiger partial charge in [-0.2, -0.15) is 0 Å². The summed E-state index contributed by atoms with van der Waals surface area (Å²) >= 11 is 0. The monoisotopic (exact) mass is 294 g/mol. The molecule has 0 saturated carbocycles. The Hall–Kier alpha value is -2.14. The fourth-order valence-electron chi connectivity index (χ4n) is 2.15. The van der Waals surface area contributed by atoms with Crippen LogP contribution in [0.5, 0.6) is 11.5 Å². The van der Waals surface area contributed by atoms with Crippen LogP contribution in [0.25, 0.3) is 0 Å². The molecule has 112 valence electrons. The Morgan fingerprint density at radius 3 is 2.19 bits per heavy atom. The van der Waals surface area contributed by atoms with Gasteiger partial charge in [0.15, 0.2) is 11.5 Å². The van der Waals surface area contributed by atoms with Gasteiger partial charge >= 0.3 is 0 Å². The Bertz CT molecular complexity index is 656. The first-order chi connectivity index (χ1) is 9.97. The summed E-state index contributed by atoms with van der Waals surface area (Å²) in [6.07, 6.45) is -1.29. The van der Waals surface area contributed by atoms with Crippen LogP contribution in [0.2, 0.25) is 0 Å². The Balaban J connectivity index is 2.52. The highest BCUT2D eigenvalue weighted by molar-refractivity contribution is 5.47. The molecule has 0 bridgehead atoms. The number of hydrogen-bond donors (Lipinski definition) is 1. The summed E-state index contributed by atoms with van der Waals surface area (Å²) in [5, 5.41) is 10.4. The molecule has 21 heavy (non-hydrogen) atoms. The lowest BCUT2D eigenvalue weighted by atomic mass is 9.96. The summed E-state index contributed by atoms with van der Waals surface area (Å²) in [6, 6.07) is 6.49. The van der Waals surface area contributed by atoms with Gasteiger partial charge in [0, 0.05) is 11.6 Å². The van der Waals surface area contributed by atoms with E-state index in [2.05, 4.69) is 0 Å². The lowest BCUT2D eigenvalue weighted by molar-refractivity contribution is 0.212. The van der Waals surface area contributed by atoms with E-state index in [0.717, 1.165) is 6.07 Å². The van der Waals surface area contributed by atoms with Crippen molar-refractivity contribution in [2.75, 3.05) is 14.2 Å². The van der Waals surface area contributed by atoms with Crippen LogP contribution in [0, 0.1) is 18.6 Å². The number of hydrogen-bond acceptors (Lipinski definition) is 3. The summed E-state index contributed by atoms with van der Waals surface area (Å²) in [7, 11) is 2.81. The third-order valence-corrected chi connectivity index (χ3v) is 3.33. The van der Waals surface area contributed by atoms with Gasteiger partial charge < -0.3 is 14.6 Å². The molecule has 0 spiro atoms. The van der Waals surface area contributed by atoms with Crippen molar-refractivity contribution >= 4 is 0 Å². The molecule has 2 rings (SSSR count). The lowest BCUT2D eigenvalue weighted by Gasteiger charge is -2.17. The molecule has 0 aliphatic rings. The predicted octanol–water partition coefficient (Wildman–Crippen LogP) is 3.37. The summed E-state index contributed by atoms with van der Waals surface area (Å²) < 4.78 is 37.6. The van der Waals surface area contributed by atoms with Gasteiger partial charge in [-0.3, -0.25) is 0 Å². The van der Waals surface area contributed by atoms with Crippen molar-refractivity contribution in [1.29, 1.82) is 0 Å². The van der Waals surface area contributed by atoms with E-state index in [4.69, 9.17) is 9.47 Å². The van der Waals surface area contributed by atoms with Gasteiger partial charge in [0.25, 0.3) is 0 Å². The standard InChI is InChI=1S/C16H16F2O3/c1-9-4-5-10(17)6-11(9)16(19)12-7-14(20-2)15(21-3)8-13(12)18/h4-8,16,19H,1-3H3. The molecule has 0 aliphatic carbocycles. The van der Waals surface area contributed by atoms with Gasteiger partial charge in [0.1, 0.15) is 17.7 Å². The van der Waals surface area contributed by atoms with Crippen molar-refractivity contribution in [2.24, 2.45) is 0 Å². The zero-order valence-corrected chi connectivity index (χ0v) is 12.0. The third kappa shape index (κ3) is 2.97. The maximum Gasteiger partial charge on any atom is 0.163 e. The van der Waals surface area contributed by atoms with Crippen molar-refractivity contribution in [3.63, 3.8) is 0 Å². The molecule has 0 heterocycles. The van der Waals surface area contributed by atoms with E-state index in [-0.39, 0.29) is 11.3 Å². The molecule has 2 aromatic rings. The highest BCUT2D eigenvalue weighted by Crippen LogP contribution is 2.35. The Morgan fingerprint density at radius 1 is 0.952 bits per heavy atom. The molecule has 1 N–H and O–H groups in total. The number of rotatable bonds is 4. The van der Waals surface area contributed by atoms with Gasteiger partial charge in [-0.1, -0.05) is 6.07 Å². The predicted molar refractivity (Wildman–Crippen MR) is 74.7 cm³/mol. The van der Waals surface area contributed by atoms with Gasteiger partial charge in [-0.15, -0.1) is 0 Å². The molecule has 0 amide bonds. The van der Waals surface area contributed by atoms with Gasteiger partial charge in [-0.25, -0.2) is 8.78 Å². The molecule has 1 unspecified atom stereocenters. The fourth-order valence-corrected chi connectivity index (χ4v) is 2.15. The van der Waals surface area contributed by atoms with E-state index in [9.17, 15) is 13.9 Å². The number of benzene rings is 2. The number of aryl methyl sites for hydroxylation is 1. The van der Waals surface area contributed by atoms with Crippen LogP contribution in [0.3, 0.4) is 0 Å². The molecular formula is C16H16F2O3. The van der Waals surface area contributed by atoms with Gasteiger partial charge in [-0.05, 0) is 36.2 Å². The van der Waals surface area contributed by atoms with Crippen LogP contribution < -0.4 is 9.47 Å². The number of aliphatic hydroxyl groups excluding tert-OH is 1. The van der Waals surface area contributed by atoms with Crippen molar-refractivity contribution in [3.05, 3.63) is 58.7 Å². The SMILES string of the molecule is COc1cc(F)c(C(O)c2cc(F)ccc2C)cc1OC. The molecule has 3 nitrogen and oxygen atoms in total. The molecule has 0 saturated heterocycles. The zero-order chi connectivity index (χ0) is 15.6. The van der Waals surface area contributed by atoms with Crippen LogP contribution in [0.4, 0.5) is 8.78 Å². The maximum absolute atomic E-state index is 14.1. The minimum absolute atomic E-state index is 0.00125. The number of aliphatic hydroxyl groups is 1. The van der Waals surface area contributed by atoms with Gasteiger partial charge in [0.2, 0.25) is 0 Å². The zero-order valence-electron chi connectivity index (χ0n) is 12.0. The first-order valence-electron chi connectivity index (χ1n) is 6.33. The van der Waals surface area contributed by atoms with Crippen molar-refractivity contribution in [1.82, 2.24) is 0 Å². The van der Waals surface area contributed by atoms with E-state index in [1.165, 1.54) is 38.5 Å². The molecular weight excluding hydrogens is 278 g/mol. The van der Waals surface area contributed by atoms with E-state index in [1.54, 1.807) is 6.92 Å². The summed E-state index contributed by atoms with van der Waals surface area (Å²) in [4.78, 5) is 0. The summed E-state index contributed by atoms with van der Waals surface area (Å²) in [6.45, 7) is 1.72.